The molecule has 6 heteroatoms. The van der Waals surface area contributed by atoms with E-state index in [1.165, 1.54) is 0 Å². The van der Waals surface area contributed by atoms with Crippen molar-refractivity contribution >= 4 is 22.5 Å². The molecule has 2 N–H and O–H groups in total. The first-order chi connectivity index (χ1) is 5.51. The Morgan fingerprint density at radius 3 is 2.33 bits per heavy atom. The fraction of sp³-hybridized carbons (Fsp3) is 0.667. The summed E-state index contributed by atoms with van der Waals surface area (Å²) in [7, 11) is -1.63. The zero-order chi connectivity index (χ0) is 9.35. The van der Waals surface area contributed by atoms with Crippen LogP contribution >= 0.6 is 0 Å². The standard InChI is InChI=1S/C6H9NO4S/c1-4(8)6(5(7)9)11-2-3-12(6)10/h2-3H2,1H3,(H2,7,9)/t6-,12?/m1/s1. The summed E-state index contributed by atoms with van der Waals surface area (Å²) >= 11 is 0. The Morgan fingerprint density at radius 2 is 2.17 bits per heavy atom. The first-order valence-electron chi connectivity index (χ1n) is 3.35. The lowest BCUT2D eigenvalue weighted by atomic mass is 10.2. The Bertz CT molecular complexity index is 248. The largest absolute Gasteiger partial charge is 0.366 e. The van der Waals surface area contributed by atoms with E-state index in [4.69, 9.17) is 10.5 Å². The van der Waals surface area contributed by atoms with Crippen LogP contribution in [0.15, 0.2) is 0 Å². The van der Waals surface area contributed by atoms with Crippen LogP contribution in [0.5, 0.6) is 0 Å². The highest BCUT2D eigenvalue weighted by Gasteiger charge is 2.52. The Labute approximate surface area is 71.7 Å². The van der Waals surface area contributed by atoms with Crippen LogP contribution in [0.25, 0.3) is 0 Å². The maximum atomic E-state index is 11.2. The van der Waals surface area contributed by atoms with Crippen molar-refractivity contribution in [2.75, 3.05) is 12.4 Å². The maximum Gasteiger partial charge on any atom is 0.279 e. The van der Waals surface area contributed by atoms with Gasteiger partial charge >= 0.3 is 0 Å². The minimum atomic E-state index is -1.87. The molecule has 2 atom stereocenters. The second-order valence-electron chi connectivity index (χ2n) is 2.44. The Morgan fingerprint density at radius 1 is 1.58 bits per heavy atom. The van der Waals surface area contributed by atoms with Crippen molar-refractivity contribution in [3.05, 3.63) is 0 Å². The lowest BCUT2D eigenvalue weighted by Crippen LogP contribution is -2.52. The van der Waals surface area contributed by atoms with Crippen LogP contribution in [-0.2, 0) is 25.1 Å². The van der Waals surface area contributed by atoms with Gasteiger partial charge in [0.2, 0.25) is 0 Å². The molecule has 1 amide bonds. The first kappa shape index (κ1) is 9.34. The average molecular weight is 191 g/mol. The number of primary amides is 1. The predicted octanol–water partition coefficient (Wildman–Crippen LogP) is -1.46. The molecule has 0 radical (unpaired) electrons. The van der Waals surface area contributed by atoms with E-state index < -0.39 is 27.4 Å². The van der Waals surface area contributed by atoms with E-state index in [-0.39, 0.29) is 12.4 Å². The van der Waals surface area contributed by atoms with Gasteiger partial charge in [-0.05, 0) is 6.92 Å². The molecule has 0 bridgehead atoms. The summed E-state index contributed by atoms with van der Waals surface area (Å²) in [6, 6.07) is 0. The second-order valence-corrected chi connectivity index (χ2v) is 4.11. The van der Waals surface area contributed by atoms with Gasteiger partial charge in [0.1, 0.15) is 0 Å². The number of hydrogen-bond donors (Lipinski definition) is 1. The summed E-state index contributed by atoms with van der Waals surface area (Å²) in [5.74, 6) is -1.38. The van der Waals surface area contributed by atoms with Gasteiger partial charge in [0, 0.05) is 0 Å². The summed E-state index contributed by atoms with van der Waals surface area (Å²) < 4.78 is 16.1. The van der Waals surface area contributed by atoms with E-state index in [1.807, 2.05) is 0 Å². The normalized spacial score (nSPS) is 34.9. The van der Waals surface area contributed by atoms with Gasteiger partial charge in [0.15, 0.2) is 5.78 Å². The number of ether oxygens (including phenoxy) is 1. The number of carbonyl (C=O) groups excluding carboxylic acids is 2. The van der Waals surface area contributed by atoms with Crippen LogP contribution in [0.3, 0.4) is 0 Å². The molecule has 1 fully saturated rings. The Balaban J connectivity index is 3.10. The molecule has 1 unspecified atom stereocenters. The highest BCUT2D eigenvalue weighted by Crippen LogP contribution is 2.23. The summed E-state index contributed by atoms with van der Waals surface area (Å²) in [6.07, 6.45) is 0. The van der Waals surface area contributed by atoms with Crippen LogP contribution in [0.4, 0.5) is 0 Å². The van der Waals surface area contributed by atoms with E-state index in [0.29, 0.717) is 0 Å². The Hall–Kier alpha value is -0.750. The number of ketones is 1. The zero-order valence-corrected chi connectivity index (χ0v) is 7.35. The predicted molar refractivity (Wildman–Crippen MR) is 41.6 cm³/mol. The molecule has 1 saturated heterocycles. The monoisotopic (exact) mass is 191 g/mol. The lowest BCUT2D eigenvalue weighted by Gasteiger charge is -2.18. The van der Waals surface area contributed by atoms with Crippen molar-refractivity contribution in [3.8, 4) is 0 Å². The van der Waals surface area contributed by atoms with E-state index in [9.17, 15) is 13.8 Å². The summed E-state index contributed by atoms with van der Waals surface area (Å²) in [6.45, 7) is 1.28. The number of carbonyl (C=O) groups is 2. The third-order valence-electron chi connectivity index (χ3n) is 1.68. The number of Topliss-reactive ketones (excluding diaryl/α,β-unsaturated/α-hetero) is 1. The smallest absolute Gasteiger partial charge is 0.279 e. The number of hydrogen-bond acceptors (Lipinski definition) is 4. The molecular formula is C6H9NO4S. The van der Waals surface area contributed by atoms with Gasteiger partial charge in [-0.15, -0.1) is 0 Å². The van der Waals surface area contributed by atoms with Crippen LogP contribution < -0.4 is 5.73 Å². The minimum absolute atomic E-state index is 0.134. The Kier molecular flexibility index (Phi) is 2.29. The van der Waals surface area contributed by atoms with E-state index in [2.05, 4.69) is 0 Å². The molecule has 1 aliphatic rings. The third-order valence-corrected chi connectivity index (χ3v) is 3.47. The molecule has 0 saturated carbocycles. The van der Waals surface area contributed by atoms with Crippen LogP contribution in [-0.4, -0.2) is 33.2 Å². The highest BCUT2D eigenvalue weighted by molar-refractivity contribution is 7.88. The second kappa shape index (κ2) is 2.95. The minimum Gasteiger partial charge on any atom is -0.366 e. The van der Waals surface area contributed by atoms with Gasteiger partial charge in [-0.25, -0.2) is 0 Å². The van der Waals surface area contributed by atoms with E-state index in [1.54, 1.807) is 0 Å². The molecule has 0 aliphatic carbocycles. The molecule has 1 heterocycles. The molecule has 0 aromatic carbocycles. The molecule has 5 nitrogen and oxygen atoms in total. The molecule has 1 rings (SSSR count). The first-order valence-corrected chi connectivity index (χ1v) is 4.67. The quantitative estimate of drug-likeness (QED) is 0.540. The van der Waals surface area contributed by atoms with Crippen LogP contribution in [0.1, 0.15) is 6.92 Å². The average Bonchev–Trinajstić information content (AvgIpc) is 2.31. The van der Waals surface area contributed by atoms with Crippen molar-refractivity contribution in [1.29, 1.82) is 0 Å². The fourth-order valence-corrected chi connectivity index (χ4v) is 2.37. The molecule has 0 aromatic rings. The summed E-state index contributed by atoms with van der Waals surface area (Å²) in [5.41, 5.74) is 4.95. The van der Waals surface area contributed by atoms with Crippen molar-refractivity contribution in [2.24, 2.45) is 5.73 Å². The number of nitrogens with two attached hydrogens (primary N) is 1. The number of amides is 1. The highest BCUT2D eigenvalue weighted by atomic mass is 32.2. The topological polar surface area (TPSA) is 86.5 Å². The number of rotatable bonds is 2. The third kappa shape index (κ3) is 1.07. The summed E-state index contributed by atoms with van der Waals surface area (Å²) in [4.78, 5) is 20.0. The molecule has 68 valence electrons. The molecule has 0 spiro atoms. The van der Waals surface area contributed by atoms with Gasteiger partial charge in [0.05, 0.1) is 23.2 Å². The fourth-order valence-electron chi connectivity index (χ4n) is 1.09. The SMILES string of the molecule is CC(=O)[C@@]1(C(N)=O)OCCS1=O. The van der Waals surface area contributed by atoms with Crippen molar-refractivity contribution in [2.45, 2.75) is 11.9 Å². The lowest BCUT2D eigenvalue weighted by molar-refractivity contribution is -0.143. The van der Waals surface area contributed by atoms with Gasteiger partial charge in [0.25, 0.3) is 10.8 Å². The van der Waals surface area contributed by atoms with Gasteiger partial charge in [-0.2, -0.15) is 0 Å². The van der Waals surface area contributed by atoms with Crippen LogP contribution in [0, 0.1) is 0 Å². The molecule has 12 heavy (non-hydrogen) atoms. The molecular weight excluding hydrogens is 182 g/mol. The van der Waals surface area contributed by atoms with E-state index >= 15 is 0 Å². The maximum absolute atomic E-state index is 11.2. The van der Waals surface area contributed by atoms with Gasteiger partial charge in [-0.1, -0.05) is 0 Å². The zero-order valence-electron chi connectivity index (χ0n) is 6.53. The molecule has 0 aromatic heterocycles. The molecule has 1 aliphatic heterocycles. The van der Waals surface area contributed by atoms with E-state index in [0.717, 1.165) is 6.92 Å². The van der Waals surface area contributed by atoms with Gasteiger partial charge < -0.3 is 10.5 Å². The van der Waals surface area contributed by atoms with Crippen molar-refractivity contribution in [3.63, 3.8) is 0 Å². The summed E-state index contributed by atoms with van der Waals surface area (Å²) in [5, 5.41) is 0. The van der Waals surface area contributed by atoms with Crippen LogP contribution in [0.2, 0.25) is 0 Å². The van der Waals surface area contributed by atoms with Gasteiger partial charge in [-0.3, -0.25) is 13.8 Å². The van der Waals surface area contributed by atoms with Crippen molar-refractivity contribution in [1.82, 2.24) is 0 Å². The van der Waals surface area contributed by atoms with Crippen molar-refractivity contribution < 1.29 is 18.5 Å².